The van der Waals surface area contributed by atoms with E-state index in [4.69, 9.17) is 4.74 Å². The molecule has 0 aromatic heterocycles. The zero-order valence-corrected chi connectivity index (χ0v) is 19.3. The second-order valence-electron chi connectivity index (χ2n) is 8.63. The molecule has 1 atom stereocenters. The Kier molecular flexibility index (Phi) is 8.86. The molecule has 31 heavy (non-hydrogen) atoms. The normalized spacial score (nSPS) is 21.0. The number of carbonyl (C=O) groups excluding carboxylic acids is 3. The molecule has 1 saturated heterocycles. The number of amides is 3. The number of allylic oxidation sites excluding steroid dienone is 3. The molecule has 8 nitrogen and oxygen atoms in total. The summed E-state index contributed by atoms with van der Waals surface area (Å²) in [6, 6.07) is 0.0978. The van der Waals surface area contributed by atoms with Crippen LogP contribution in [0, 0.1) is 0 Å². The van der Waals surface area contributed by atoms with E-state index in [1.807, 2.05) is 19.9 Å². The van der Waals surface area contributed by atoms with E-state index in [0.29, 0.717) is 24.4 Å². The van der Waals surface area contributed by atoms with E-state index in [9.17, 15) is 14.4 Å². The van der Waals surface area contributed by atoms with E-state index < -0.39 is 5.60 Å². The number of hydrogen-bond acceptors (Lipinski definition) is 5. The third kappa shape index (κ3) is 7.24. The highest BCUT2D eigenvalue weighted by Crippen LogP contribution is 2.31. The largest absolute Gasteiger partial charge is 0.476 e. The first-order valence-electron chi connectivity index (χ1n) is 11.0. The molecule has 2 aliphatic rings. The van der Waals surface area contributed by atoms with Crippen LogP contribution >= 0.6 is 0 Å². The molecule has 172 valence electrons. The van der Waals surface area contributed by atoms with Gasteiger partial charge in [0.1, 0.15) is 5.76 Å². The van der Waals surface area contributed by atoms with Crippen LogP contribution in [0.5, 0.6) is 0 Å². The number of carbonyl (C=O) groups is 3. The maximum atomic E-state index is 13.1. The van der Waals surface area contributed by atoms with Crippen LogP contribution < -0.4 is 16.0 Å². The van der Waals surface area contributed by atoms with E-state index in [2.05, 4.69) is 16.0 Å². The van der Waals surface area contributed by atoms with E-state index in [1.165, 1.54) is 6.08 Å². The SMILES string of the molecule is CCC(=O)NCCN1C(=O)C(C)(C)OC(C=C(C)C)=C1/C=C/C(=O)N[C@@H]1CCCNC1. The fourth-order valence-electron chi connectivity index (χ4n) is 3.51. The van der Waals surface area contributed by atoms with Crippen LogP contribution in [0.1, 0.15) is 53.9 Å². The van der Waals surface area contributed by atoms with Gasteiger partial charge in [-0.1, -0.05) is 12.5 Å². The minimum Gasteiger partial charge on any atom is -0.476 e. The molecule has 2 aliphatic heterocycles. The van der Waals surface area contributed by atoms with Gasteiger partial charge < -0.3 is 25.6 Å². The zero-order valence-electron chi connectivity index (χ0n) is 19.3. The van der Waals surface area contributed by atoms with Crippen molar-refractivity contribution in [3.8, 4) is 0 Å². The highest BCUT2D eigenvalue weighted by atomic mass is 16.5. The molecule has 0 saturated carbocycles. The molecule has 3 N–H and O–H groups in total. The van der Waals surface area contributed by atoms with Crippen molar-refractivity contribution >= 4 is 17.7 Å². The lowest BCUT2D eigenvalue weighted by Crippen LogP contribution is -2.52. The van der Waals surface area contributed by atoms with E-state index >= 15 is 0 Å². The maximum Gasteiger partial charge on any atom is 0.270 e. The summed E-state index contributed by atoms with van der Waals surface area (Å²) in [5.41, 5.74) is 0.458. The van der Waals surface area contributed by atoms with Gasteiger partial charge in [-0.2, -0.15) is 0 Å². The van der Waals surface area contributed by atoms with Gasteiger partial charge in [0.25, 0.3) is 5.91 Å². The molecule has 3 amide bonds. The summed E-state index contributed by atoms with van der Waals surface area (Å²) in [5.74, 6) is 0.00999. The van der Waals surface area contributed by atoms with Crippen LogP contribution in [0.25, 0.3) is 0 Å². The van der Waals surface area contributed by atoms with Gasteiger partial charge in [0.2, 0.25) is 11.8 Å². The summed E-state index contributed by atoms with van der Waals surface area (Å²) >= 11 is 0. The molecular weight excluding hydrogens is 396 g/mol. The Bertz CT molecular complexity index is 772. The first kappa shape index (κ1) is 24.7. The summed E-state index contributed by atoms with van der Waals surface area (Å²) in [6.07, 6.45) is 7.26. The third-order valence-corrected chi connectivity index (χ3v) is 5.10. The smallest absolute Gasteiger partial charge is 0.270 e. The number of piperidine rings is 1. The van der Waals surface area contributed by atoms with Gasteiger partial charge in [-0.25, -0.2) is 0 Å². The topological polar surface area (TPSA) is 99.8 Å². The van der Waals surface area contributed by atoms with Gasteiger partial charge in [-0.05, 0) is 59.2 Å². The van der Waals surface area contributed by atoms with Gasteiger partial charge in [0.05, 0.1) is 5.70 Å². The number of nitrogens with one attached hydrogen (secondary N) is 3. The molecule has 2 rings (SSSR count). The highest BCUT2D eigenvalue weighted by molar-refractivity contribution is 5.90. The lowest BCUT2D eigenvalue weighted by atomic mass is 10.0. The average Bonchev–Trinajstić information content (AvgIpc) is 2.70. The van der Waals surface area contributed by atoms with Crippen molar-refractivity contribution in [2.75, 3.05) is 26.2 Å². The lowest BCUT2D eigenvalue weighted by Gasteiger charge is -2.39. The number of ether oxygens (including phenoxy) is 1. The van der Waals surface area contributed by atoms with Crippen LogP contribution in [0.4, 0.5) is 0 Å². The lowest BCUT2D eigenvalue weighted by molar-refractivity contribution is -0.151. The molecule has 2 heterocycles. The van der Waals surface area contributed by atoms with Crippen LogP contribution in [-0.2, 0) is 19.1 Å². The van der Waals surface area contributed by atoms with E-state index in [0.717, 1.165) is 31.5 Å². The van der Waals surface area contributed by atoms with Crippen LogP contribution in [0.15, 0.2) is 35.3 Å². The Balaban J connectivity index is 2.27. The number of rotatable bonds is 8. The molecule has 0 radical (unpaired) electrons. The first-order valence-corrected chi connectivity index (χ1v) is 11.0. The van der Waals surface area contributed by atoms with Crippen LogP contribution in [-0.4, -0.2) is 60.4 Å². The average molecular weight is 433 g/mol. The van der Waals surface area contributed by atoms with Gasteiger partial charge >= 0.3 is 0 Å². The third-order valence-electron chi connectivity index (χ3n) is 5.10. The van der Waals surface area contributed by atoms with Crippen molar-refractivity contribution in [1.82, 2.24) is 20.9 Å². The predicted octanol–water partition coefficient (Wildman–Crippen LogP) is 1.75. The number of hydrogen-bond donors (Lipinski definition) is 3. The highest BCUT2D eigenvalue weighted by Gasteiger charge is 2.41. The van der Waals surface area contributed by atoms with E-state index in [1.54, 1.807) is 31.7 Å². The standard InChI is InChI=1S/C23H36N4O4/c1-6-20(28)25-12-13-27-18(9-10-21(29)26-17-8-7-11-24-15-17)19(14-16(2)3)31-23(4,5)22(27)30/h9-10,14,17,24H,6-8,11-13,15H2,1-5H3,(H,25,28)(H,26,29)/b10-9+/t17-/m1/s1. The molecule has 8 heteroatoms. The second kappa shape index (κ2) is 11.1. The Morgan fingerprint density at radius 1 is 1.32 bits per heavy atom. The summed E-state index contributed by atoms with van der Waals surface area (Å²) in [5, 5.41) is 9.07. The van der Waals surface area contributed by atoms with Crippen molar-refractivity contribution in [1.29, 1.82) is 0 Å². The Hall–Kier alpha value is -2.61. The Labute approximate surface area is 185 Å². The molecule has 0 aromatic carbocycles. The van der Waals surface area contributed by atoms with Gasteiger partial charge in [-0.3, -0.25) is 14.4 Å². The Morgan fingerprint density at radius 2 is 2.06 bits per heavy atom. The molecule has 1 fully saturated rings. The summed E-state index contributed by atoms with van der Waals surface area (Å²) in [6.45, 7) is 11.4. The van der Waals surface area contributed by atoms with Crippen molar-refractivity contribution in [3.63, 3.8) is 0 Å². The molecule has 0 unspecified atom stereocenters. The van der Waals surface area contributed by atoms with E-state index in [-0.39, 0.29) is 30.3 Å². The Morgan fingerprint density at radius 3 is 2.68 bits per heavy atom. The quantitative estimate of drug-likeness (QED) is 0.508. The fraction of sp³-hybridized carbons (Fsp3) is 0.609. The first-order chi connectivity index (χ1) is 14.6. The minimum absolute atomic E-state index is 0.0777. The summed E-state index contributed by atoms with van der Waals surface area (Å²) in [4.78, 5) is 38.8. The fourth-order valence-corrected chi connectivity index (χ4v) is 3.51. The van der Waals surface area contributed by atoms with Crippen LogP contribution in [0.2, 0.25) is 0 Å². The number of nitrogens with zero attached hydrogens (tertiary/aromatic N) is 1. The van der Waals surface area contributed by atoms with Crippen molar-refractivity contribution in [2.45, 2.75) is 65.5 Å². The molecule has 0 bridgehead atoms. The van der Waals surface area contributed by atoms with Crippen LogP contribution in [0.3, 0.4) is 0 Å². The maximum absolute atomic E-state index is 13.1. The van der Waals surface area contributed by atoms with Crippen molar-refractivity contribution in [3.05, 3.63) is 35.3 Å². The molecule has 0 spiro atoms. The monoisotopic (exact) mass is 432 g/mol. The zero-order chi connectivity index (χ0) is 23.0. The molecule has 0 aromatic rings. The van der Waals surface area contributed by atoms with Gasteiger partial charge in [0, 0.05) is 38.2 Å². The molecular formula is C23H36N4O4. The molecule has 0 aliphatic carbocycles. The van der Waals surface area contributed by atoms with Crippen molar-refractivity contribution in [2.24, 2.45) is 0 Å². The predicted molar refractivity (Wildman–Crippen MR) is 120 cm³/mol. The second-order valence-corrected chi connectivity index (χ2v) is 8.63. The minimum atomic E-state index is -1.05. The van der Waals surface area contributed by atoms with Gasteiger partial charge in [-0.15, -0.1) is 0 Å². The summed E-state index contributed by atoms with van der Waals surface area (Å²) < 4.78 is 6.00. The summed E-state index contributed by atoms with van der Waals surface area (Å²) in [7, 11) is 0. The van der Waals surface area contributed by atoms with Gasteiger partial charge in [0.15, 0.2) is 5.60 Å². The van der Waals surface area contributed by atoms with Crippen molar-refractivity contribution < 1.29 is 19.1 Å².